The molecule has 0 radical (unpaired) electrons. The van der Waals surface area contributed by atoms with Crippen LogP contribution in [0.25, 0.3) is 0 Å². The maximum atomic E-state index is 12.9. The van der Waals surface area contributed by atoms with Crippen LogP contribution < -0.4 is 5.32 Å². The zero-order chi connectivity index (χ0) is 15.2. The van der Waals surface area contributed by atoms with Gasteiger partial charge in [0.2, 0.25) is 0 Å². The summed E-state index contributed by atoms with van der Waals surface area (Å²) < 4.78 is 12.9. The van der Waals surface area contributed by atoms with Crippen molar-refractivity contribution in [3.8, 4) is 0 Å². The van der Waals surface area contributed by atoms with Gasteiger partial charge >= 0.3 is 0 Å². The fraction of sp³-hybridized carbons (Fsp3) is 0.647. The summed E-state index contributed by atoms with van der Waals surface area (Å²) >= 11 is 0. The van der Waals surface area contributed by atoms with Crippen LogP contribution in [0, 0.1) is 11.7 Å². The molecule has 1 aliphatic rings. The van der Waals surface area contributed by atoms with Gasteiger partial charge in [0.05, 0.1) is 6.10 Å². The first-order valence-electron chi connectivity index (χ1n) is 7.95. The van der Waals surface area contributed by atoms with Crippen molar-refractivity contribution in [1.29, 1.82) is 0 Å². The molecule has 0 aromatic heterocycles. The van der Waals surface area contributed by atoms with Crippen molar-refractivity contribution in [2.24, 2.45) is 5.92 Å². The van der Waals surface area contributed by atoms with Gasteiger partial charge in [-0.2, -0.15) is 0 Å². The molecule has 0 aliphatic carbocycles. The fourth-order valence-electron chi connectivity index (χ4n) is 2.94. The summed E-state index contributed by atoms with van der Waals surface area (Å²) in [5.41, 5.74) is 0.830. The molecule has 1 unspecified atom stereocenters. The highest BCUT2D eigenvalue weighted by Crippen LogP contribution is 2.30. The van der Waals surface area contributed by atoms with Crippen molar-refractivity contribution in [3.05, 3.63) is 35.6 Å². The average Bonchev–Trinajstić information content (AvgIpc) is 2.48. The van der Waals surface area contributed by atoms with Gasteiger partial charge in [0.25, 0.3) is 0 Å². The van der Waals surface area contributed by atoms with Gasteiger partial charge in [-0.05, 0) is 49.5 Å². The summed E-state index contributed by atoms with van der Waals surface area (Å²) in [5.74, 6) is 0.0307. The van der Waals surface area contributed by atoms with Crippen LogP contribution in [0.1, 0.15) is 38.4 Å². The third kappa shape index (κ3) is 5.06. The molecule has 0 amide bonds. The van der Waals surface area contributed by atoms with Gasteiger partial charge in [0, 0.05) is 19.1 Å². The summed E-state index contributed by atoms with van der Waals surface area (Å²) in [6, 6.07) is 6.76. The molecular formula is C17H27FN2O. The van der Waals surface area contributed by atoms with Crippen molar-refractivity contribution in [2.75, 3.05) is 26.2 Å². The second-order valence-corrected chi connectivity index (χ2v) is 6.28. The van der Waals surface area contributed by atoms with E-state index in [9.17, 15) is 9.50 Å². The van der Waals surface area contributed by atoms with E-state index in [1.807, 2.05) is 0 Å². The molecule has 4 heteroatoms. The van der Waals surface area contributed by atoms with Gasteiger partial charge < -0.3 is 15.3 Å². The lowest BCUT2D eigenvalue weighted by atomic mass is 9.87. The molecule has 0 saturated carbocycles. The van der Waals surface area contributed by atoms with E-state index in [4.69, 9.17) is 0 Å². The van der Waals surface area contributed by atoms with Gasteiger partial charge in [-0.1, -0.05) is 26.0 Å². The van der Waals surface area contributed by atoms with E-state index >= 15 is 0 Å². The minimum Gasteiger partial charge on any atom is -0.388 e. The van der Waals surface area contributed by atoms with E-state index in [1.54, 1.807) is 12.1 Å². The van der Waals surface area contributed by atoms with E-state index in [0.717, 1.165) is 44.6 Å². The molecule has 0 spiro atoms. The van der Waals surface area contributed by atoms with Gasteiger partial charge in [-0.15, -0.1) is 0 Å². The van der Waals surface area contributed by atoms with Gasteiger partial charge in [-0.3, -0.25) is 0 Å². The molecule has 118 valence electrons. The summed E-state index contributed by atoms with van der Waals surface area (Å²) in [5, 5.41) is 13.8. The predicted molar refractivity (Wildman–Crippen MR) is 83.7 cm³/mol. The zero-order valence-corrected chi connectivity index (χ0v) is 13.1. The predicted octanol–water partition coefficient (Wildman–Crippen LogP) is 2.57. The van der Waals surface area contributed by atoms with E-state index in [0.29, 0.717) is 6.04 Å². The molecule has 1 fully saturated rings. The third-order valence-electron chi connectivity index (χ3n) is 4.27. The summed E-state index contributed by atoms with van der Waals surface area (Å²) in [7, 11) is 0. The molecule has 1 saturated heterocycles. The second-order valence-electron chi connectivity index (χ2n) is 6.28. The van der Waals surface area contributed by atoms with Crippen LogP contribution in [-0.2, 0) is 0 Å². The topological polar surface area (TPSA) is 35.5 Å². The number of nitrogens with one attached hydrogen (secondary N) is 1. The van der Waals surface area contributed by atoms with E-state index in [2.05, 4.69) is 24.1 Å². The molecule has 21 heavy (non-hydrogen) atoms. The van der Waals surface area contributed by atoms with Crippen LogP contribution in [0.5, 0.6) is 0 Å². The zero-order valence-electron chi connectivity index (χ0n) is 13.1. The number of hydrogen-bond donors (Lipinski definition) is 2. The quantitative estimate of drug-likeness (QED) is 0.846. The number of piperidine rings is 1. The highest BCUT2D eigenvalue weighted by molar-refractivity contribution is 5.19. The van der Waals surface area contributed by atoms with Crippen molar-refractivity contribution in [1.82, 2.24) is 10.2 Å². The van der Waals surface area contributed by atoms with E-state index in [-0.39, 0.29) is 11.7 Å². The number of likely N-dealkylation sites (tertiary alicyclic amines) is 1. The number of aliphatic hydroxyl groups excluding tert-OH is 1. The number of rotatable bonds is 6. The normalized spacial score (nSPS) is 19.1. The number of aliphatic hydroxyl groups is 1. The molecule has 1 atom stereocenters. The van der Waals surface area contributed by atoms with E-state index < -0.39 is 6.10 Å². The van der Waals surface area contributed by atoms with Crippen molar-refractivity contribution >= 4 is 0 Å². The Balaban J connectivity index is 1.76. The summed E-state index contributed by atoms with van der Waals surface area (Å²) in [4.78, 5) is 2.45. The lowest BCUT2D eigenvalue weighted by Gasteiger charge is -2.34. The Bertz CT molecular complexity index is 413. The molecule has 0 bridgehead atoms. The minimum absolute atomic E-state index is 0.251. The molecule has 3 nitrogen and oxygen atoms in total. The lowest BCUT2D eigenvalue weighted by Crippen LogP contribution is -2.40. The van der Waals surface area contributed by atoms with Crippen molar-refractivity contribution in [2.45, 2.75) is 38.8 Å². The molecule has 2 rings (SSSR count). The van der Waals surface area contributed by atoms with Crippen LogP contribution >= 0.6 is 0 Å². The Hall–Kier alpha value is -0.970. The Labute approximate surface area is 127 Å². The molecule has 1 aromatic carbocycles. The average molecular weight is 294 g/mol. The number of benzene rings is 1. The van der Waals surface area contributed by atoms with E-state index in [1.165, 1.54) is 12.1 Å². The van der Waals surface area contributed by atoms with Gasteiger partial charge in [-0.25, -0.2) is 4.39 Å². The largest absolute Gasteiger partial charge is 0.388 e. The number of halogens is 1. The Morgan fingerprint density at radius 3 is 2.43 bits per heavy atom. The highest BCUT2D eigenvalue weighted by atomic mass is 19.1. The fourth-order valence-corrected chi connectivity index (χ4v) is 2.94. The number of hydrogen-bond acceptors (Lipinski definition) is 3. The van der Waals surface area contributed by atoms with Gasteiger partial charge in [0.15, 0.2) is 0 Å². The molecule has 2 N–H and O–H groups in total. The molecular weight excluding hydrogens is 267 g/mol. The van der Waals surface area contributed by atoms with Crippen LogP contribution in [0.2, 0.25) is 0 Å². The van der Waals surface area contributed by atoms with Crippen molar-refractivity contribution < 1.29 is 9.50 Å². The minimum atomic E-state index is -0.471. The summed E-state index contributed by atoms with van der Waals surface area (Å²) in [6.45, 7) is 8.46. The van der Waals surface area contributed by atoms with Crippen LogP contribution in [0.4, 0.5) is 4.39 Å². The third-order valence-corrected chi connectivity index (χ3v) is 4.27. The molecule has 1 aliphatic heterocycles. The molecule has 1 heterocycles. The second kappa shape index (κ2) is 7.87. The first-order valence-corrected chi connectivity index (χ1v) is 7.95. The Morgan fingerprint density at radius 2 is 1.86 bits per heavy atom. The first kappa shape index (κ1) is 16.4. The van der Waals surface area contributed by atoms with Crippen LogP contribution in [0.15, 0.2) is 24.3 Å². The van der Waals surface area contributed by atoms with Crippen LogP contribution in [-0.4, -0.2) is 42.2 Å². The SMILES string of the molecule is CC(C)NCCN1CCC(C(O)c2ccc(F)cc2)CC1. The van der Waals surface area contributed by atoms with Gasteiger partial charge in [0.1, 0.15) is 5.82 Å². The lowest BCUT2D eigenvalue weighted by molar-refractivity contribution is 0.0590. The first-order chi connectivity index (χ1) is 10.1. The Morgan fingerprint density at radius 1 is 1.24 bits per heavy atom. The Kier molecular flexibility index (Phi) is 6.15. The monoisotopic (exact) mass is 294 g/mol. The number of nitrogens with zero attached hydrogens (tertiary/aromatic N) is 1. The van der Waals surface area contributed by atoms with Crippen molar-refractivity contribution in [3.63, 3.8) is 0 Å². The molecule has 1 aromatic rings. The maximum absolute atomic E-state index is 12.9. The smallest absolute Gasteiger partial charge is 0.123 e. The summed E-state index contributed by atoms with van der Waals surface area (Å²) in [6.07, 6.45) is 1.53. The van der Waals surface area contributed by atoms with Crippen LogP contribution in [0.3, 0.4) is 0 Å². The maximum Gasteiger partial charge on any atom is 0.123 e. The standard InChI is InChI=1S/C17H27FN2O/c1-13(2)19-9-12-20-10-7-15(8-11-20)17(21)14-3-5-16(18)6-4-14/h3-6,13,15,17,19,21H,7-12H2,1-2H3. The highest BCUT2D eigenvalue weighted by Gasteiger charge is 2.25.